The molecule has 0 unspecified atom stereocenters. The van der Waals surface area contributed by atoms with Crippen LogP contribution in [0.4, 0.5) is 0 Å². The van der Waals surface area contributed by atoms with Gasteiger partial charge in [0.05, 0.1) is 0 Å². The average Bonchev–Trinajstić information content (AvgIpc) is 2.22. The number of methoxy groups -OCH3 is 1. The van der Waals surface area contributed by atoms with Crippen molar-refractivity contribution in [3.05, 3.63) is 0 Å². The van der Waals surface area contributed by atoms with Gasteiger partial charge < -0.3 is 35.4 Å². The smallest absolute Gasteiger partial charge is 0.111 e. The summed E-state index contributed by atoms with van der Waals surface area (Å²) in [6, 6.07) is 0. The van der Waals surface area contributed by atoms with Crippen molar-refractivity contribution in [2.45, 2.75) is 36.6 Å². The number of aliphatic hydroxyl groups excluding tert-OH is 6. The Balaban J connectivity index is 0.000000583. The first-order chi connectivity index (χ1) is 6.88. The van der Waals surface area contributed by atoms with Crippen LogP contribution in [0.5, 0.6) is 0 Å². The van der Waals surface area contributed by atoms with Crippen LogP contribution in [-0.4, -0.2) is 81.5 Å². The number of ether oxygens (including phenoxy) is 1. The molecule has 1 rings (SSSR count). The van der Waals surface area contributed by atoms with Gasteiger partial charge in [-0.25, -0.2) is 0 Å². The van der Waals surface area contributed by atoms with Gasteiger partial charge in [-0.15, -0.1) is 0 Å². The molecule has 1 aliphatic rings. The predicted molar refractivity (Wildman–Crippen MR) is 49.0 cm³/mol. The Hall–Kier alpha value is -0.280. The molecule has 92 valence electrons. The van der Waals surface area contributed by atoms with Crippen molar-refractivity contribution >= 4 is 0 Å². The van der Waals surface area contributed by atoms with Crippen LogP contribution in [0.2, 0.25) is 0 Å². The van der Waals surface area contributed by atoms with Crippen LogP contribution in [0.3, 0.4) is 0 Å². The molecule has 0 saturated heterocycles. The van der Waals surface area contributed by atoms with Crippen LogP contribution >= 0.6 is 0 Å². The Kier molecular flexibility index (Phi) is 6.22. The van der Waals surface area contributed by atoms with Crippen molar-refractivity contribution in [1.82, 2.24) is 0 Å². The van der Waals surface area contributed by atoms with E-state index in [9.17, 15) is 0 Å². The largest absolute Gasteiger partial charge is 0.388 e. The van der Waals surface area contributed by atoms with E-state index in [1.165, 1.54) is 0 Å². The number of hydrogen-bond acceptors (Lipinski definition) is 7. The summed E-state index contributed by atoms with van der Waals surface area (Å²) in [5.74, 6) is 0. The van der Waals surface area contributed by atoms with Crippen LogP contribution < -0.4 is 0 Å². The van der Waals surface area contributed by atoms with E-state index in [2.05, 4.69) is 4.74 Å². The highest BCUT2D eigenvalue weighted by Crippen LogP contribution is 2.20. The highest BCUT2D eigenvalue weighted by Gasteiger charge is 2.47. The van der Waals surface area contributed by atoms with E-state index in [-0.39, 0.29) is 0 Å². The Morgan fingerprint density at radius 2 is 0.600 bits per heavy atom. The molecule has 6 N–H and O–H groups in total. The third-order valence-electron chi connectivity index (χ3n) is 2.10. The van der Waals surface area contributed by atoms with Crippen molar-refractivity contribution in [2.75, 3.05) is 14.2 Å². The zero-order valence-electron chi connectivity index (χ0n) is 8.56. The number of hydrogen-bond donors (Lipinski definition) is 6. The minimum absolute atomic E-state index is 1.62. The second kappa shape index (κ2) is 6.33. The minimum Gasteiger partial charge on any atom is -0.388 e. The van der Waals surface area contributed by atoms with Gasteiger partial charge in [0.1, 0.15) is 36.6 Å². The van der Waals surface area contributed by atoms with Crippen LogP contribution in [-0.2, 0) is 4.74 Å². The van der Waals surface area contributed by atoms with Gasteiger partial charge in [0.25, 0.3) is 0 Å². The second-order valence-electron chi connectivity index (χ2n) is 3.35. The molecule has 0 aromatic carbocycles. The summed E-state index contributed by atoms with van der Waals surface area (Å²) < 4.78 is 4.25. The molecule has 1 aliphatic carbocycles. The molecule has 1 fully saturated rings. The molecule has 7 heteroatoms. The first-order valence-electron chi connectivity index (χ1n) is 4.37. The van der Waals surface area contributed by atoms with Crippen LogP contribution in [0, 0.1) is 0 Å². The lowest BCUT2D eigenvalue weighted by molar-refractivity contribution is -0.223. The summed E-state index contributed by atoms with van der Waals surface area (Å²) in [7, 11) is 3.25. The Labute approximate surface area is 87.2 Å². The van der Waals surface area contributed by atoms with Gasteiger partial charge in [0, 0.05) is 14.2 Å². The number of rotatable bonds is 0. The highest BCUT2D eigenvalue weighted by molar-refractivity contribution is 4.98. The first-order valence-corrected chi connectivity index (χ1v) is 4.37. The van der Waals surface area contributed by atoms with Crippen LogP contribution in [0.1, 0.15) is 0 Å². The van der Waals surface area contributed by atoms with E-state index in [0.717, 1.165) is 0 Å². The third-order valence-corrected chi connectivity index (χ3v) is 2.10. The lowest BCUT2D eigenvalue weighted by Gasteiger charge is -2.39. The highest BCUT2D eigenvalue weighted by atomic mass is 16.5. The maximum atomic E-state index is 8.97. The van der Waals surface area contributed by atoms with E-state index >= 15 is 0 Å². The normalized spacial score (nSPS) is 45.6. The molecule has 0 amide bonds. The summed E-state index contributed by atoms with van der Waals surface area (Å²) in [5, 5.41) is 53.8. The third kappa shape index (κ3) is 3.35. The van der Waals surface area contributed by atoms with Gasteiger partial charge in [-0.05, 0) is 0 Å². The zero-order valence-corrected chi connectivity index (χ0v) is 8.56. The van der Waals surface area contributed by atoms with Gasteiger partial charge in [-0.2, -0.15) is 0 Å². The van der Waals surface area contributed by atoms with E-state index < -0.39 is 36.6 Å². The molecule has 0 aromatic heterocycles. The van der Waals surface area contributed by atoms with Crippen molar-refractivity contribution in [1.29, 1.82) is 0 Å². The standard InChI is InChI=1S/C6H12O6.C2H6O/c7-1-2(8)4(10)6(12)5(11)3(1)9;1-3-2/h1-12H;1-2H3. The molecule has 0 aromatic rings. The molecule has 15 heavy (non-hydrogen) atoms. The van der Waals surface area contributed by atoms with E-state index in [1.54, 1.807) is 14.2 Å². The molecule has 0 atom stereocenters. The van der Waals surface area contributed by atoms with Crippen molar-refractivity contribution < 1.29 is 35.4 Å². The summed E-state index contributed by atoms with van der Waals surface area (Å²) >= 11 is 0. The molecule has 0 heterocycles. The lowest BCUT2D eigenvalue weighted by atomic mass is 9.85. The summed E-state index contributed by atoms with van der Waals surface area (Å²) in [4.78, 5) is 0. The fraction of sp³-hybridized carbons (Fsp3) is 1.00. The topological polar surface area (TPSA) is 131 Å². The second-order valence-corrected chi connectivity index (χ2v) is 3.35. The molecule has 0 bridgehead atoms. The van der Waals surface area contributed by atoms with Gasteiger partial charge in [-0.1, -0.05) is 0 Å². The van der Waals surface area contributed by atoms with Crippen molar-refractivity contribution in [3.8, 4) is 0 Å². The maximum absolute atomic E-state index is 8.97. The van der Waals surface area contributed by atoms with E-state index in [1.807, 2.05) is 0 Å². The maximum Gasteiger partial charge on any atom is 0.111 e. The molecule has 0 radical (unpaired) electrons. The van der Waals surface area contributed by atoms with E-state index in [4.69, 9.17) is 30.6 Å². The number of aliphatic hydroxyl groups is 6. The molecule has 7 nitrogen and oxygen atoms in total. The lowest BCUT2D eigenvalue weighted by Crippen LogP contribution is -2.63. The fourth-order valence-corrected chi connectivity index (χ4v) is 1.21. The first kappa shape index (κ1) is 14.7. The quantitative estimate of drug-likeness (QED) is 0.252. The summed E-state index contributed by atoms with van der Waals surface area (Å²) in [6.07, 6.45) is -9.84. The zero-order chi connectivity index (χ0) is 12.2. The fourth-order valence-electron chi connectivity index (χ4n) is 1.21. The molecule has 1 saturated carbocycles. The SMILES string of the molecule is COC.OC1C(O)C(O)C(O)C(O)C1O. The van der Waals surface area contributed by atoms with E-state index in [0.29, 0.717) is 0 Å². The summed E-state index contributed by atoms with van der Waals surface area (Å²) in [5.41, 5.74) is 0. The predicted octanol–water partition coefficient (Wildman–Crippen LogP) is -3.57. The van der Waals surface area contributed by atoms with Crippen molar-refractivity contribution in [2.24, 2.45) is 0 Å². The van der Waals surface area contributed by atoms with Gasteiger partial charge in [-0.3, -0.25) is 0 Å². The molecule has 0 spiro atoms. The van der Waals surface area contributed by atoms with Gasteiger partial charge >= 0.3 is 0 Å². The molecular formula is C8H18O7. The van der Waals surface area contributed by atoms with Gasteiger partial charge in [0.2, 0.25) is 0 Å². The van der Waals surface area contributed by atoms with Crippen LogP contribution in [0.25, 0.3) is 0 Å². The monoisotopic (exact) mass is 226 g/mol. The minimum atomic E-state index is -1.64. The summed E-state index contributed by atoms with van der Waals surface area (Å²) in [6.45, 7) is 0. The van der Waals surface area contributed by atoms with Gasteiger partial charge in [0.15, 0.2) is 0 Å². The van der Waals surface area contributed by atoms with Crippen molar-refractivity contribution in [3.63, 3.8) is 0 Å². The Morgan fingerprint density at radius 3 is 0.667 bits per heavy atom. The van der Waals surface area contributed by atoms with Crippen LogP contribution in [0.15, 0.2) is 0 Å². The Morgan fingerprint density at radius 1 is 0.533 bits per heavy atom. The molecule has 0 aliphatic heterocycles. The molecular weight excluding hydrogens is 208 g/mol. The Bertz CT molecular complexity index is 118. The average molecular weight is 226 g/mol.